The summed E-state index contributed by atoms with van der Waals surface area (Å²) in [5.74, 6) is -0.167. The Labute approximate surface area is 108 Å². The molecule has 1 N–H and O–H groups in total. The summed E-state index contributed by atoms with van der Waals surface area (Å²) in [5, 5.41) is 9.08. The molecule has 0 radical (unpaired) electrons. The normalized spacial score (nSPS) is 16.3. The molecule has 4 heteroatoms. The van der Waals surface area contributed by atoms with E-state index in [0.29, 0.717) is 6.54 Å². The largest absolute Gasteiger partial charge is 0.477 e. The summed E-state index contributed by atoms with van der Waals surface area (Å²) >= 11 is 0. The third-order valence-electron chi connectivity index (χ3n) is 3.58. The Balaban J connectivity index is 1.97. The number of hydrogen-bond donors (Lipinski definition) is 1. The summed E-state index contributed by atoms with van der Waals surface area (Å²) in [6.07, 6.45) is 6.83. The van der Waals surface area contributed by atoms with Crippen molar-refractivity contribution < 1.29 is 9.90 Å². The zero-order valence-corrected chi connectivity index (χ0v) is 10.8. The monoisotopic (exact) mass is 248 g/mol. The van der Waals surface area contributed by atoms with Crippen molar-refractivity contribution in [1.29, 1.82) is 0 Å². The van der Waals surface area contributed by atoms with Crippen LogP contribution in [-0.2, 0) is 6.54 Å². The molecule has 1 aromatic heterocycles. The fourth-order valence-electron chi connectivity index (χ4n) is 2.75. The lowest BCUT2D eigenvalue weighted by molar-refractivity contribution is 0.0688. The van der Waals surface area contributed by atoms with Gasteiger partial charge in [0.25, 0.3) is 0 Å². The van der Waals surface area contributed by atoms with Crippen molar-refractivity contribution in [1.82, 2.24) is 9.88 Å². The number of carboxylic acids is 1. The van der Waals surface area contributed by atoms with E-state index in [1.807, 2.05) is 6.07 Å². The molecule has 0 aromatic carbocycles. The molecule has 0 spiro atoms. The minimum Gasteiger partial charge on any atom is -0.477 e. The maximum absolute atomic E-state index is 11.1. The fourth-order valence-corrected chi connectivity index (χ4v) is 2.75. The standard InChI is InChI=1S/C14H20N2O2/c1-16(9-11-5-2-3-6-11)10-12-7-4-8-15-13(12)14(17)18/h4,7-8,11H,2-3,5-6,9-10H2,1H3,(H,17,18). The molecule has 4 nitrogen and oxygen atoms in total. The van der Waals surface area contributed by atoms with Crippen LogP contribution in [0.15, 0.2) is 18.3 Å². The van der Waals surface area contributed by atoms with Crippen molar-refractivity contribution in [3.05, 3.63) is 29.6 Å². The lowest BCUT2D eigenvalue weighted by Crippen LogP contribution is -2.25. The fraction of sp³-hybridized carbons (Fsp3) is 0.571. The predicted octanol–water partition coefficient (Wildman–Crippen LogP) is 2.40. The van der Waals surface area contributed by atoms with Crippen LogP contribution in [0.25, 0.3) is 0 Å². The Hall–Kier alpha value is -1.42. The second-order valence-corrected chi connectivity index (χ2v) is 5.16. The number of nitrogens with zero attached hydrogens (tertiary/aromatic N) is 2. The summed E-state index contributed by atoms with van der Waals surface area (Å²) in [4.78, 5) is 17.2. The number of pyridine rings is 1. The van der Waals surface area contributed by atoms with Gasteiger partial charge in [-0.1, -0.05) is 18.9 Å². The van der Waals surface area contributed by atoms with Gasteiger partial charge in [0.2, 0.25) is 0 Å². The van der Waals surface area contributed by atoms with Crippen molar-refractivity contribution >= 4 is 5.97 Å². The van der Waals surface area contributed by atoms with E-state index in [9.17, 15) is 4.79 Å². The summed E-state index contributed by atoms with van der Waals surface area (Å²) in [7, 11) is 2.05. The lowest BCUT2D eigenvalue weighted by atomic mass is 10.1. The molecule has 0 atom stereocenters. The van der Waals surface area contributed by atoms with E-state index < -0.39 is 5.97 Å². The van der Waals surface area contributed by atoms with Crippen LogP contribution >= 0.6 is 0 Å². The maximum atomic E-state index is 11.1. The number of carbonyl (C=O) groups is 1. The van der Waals surface area contributed by atoms with E-state index >= 15 is 0 Å². The van der Waals surface area contributed by atoms with Gasteiger partial charge in [0, 0.05) is 19.3 Å². The Bertz CT molecular complexity index is 414. The molecular weight excluding hydrogens is 228 g/mol. The molecule has 0 saturated heterocycles. The second kappa shape index (κ2) is 5.96. The first-order chi connectivity index (χ1) is 8.66. The van der Waals surface area contributed by atoms with Crippen LogP contribution < -0.4 is 0 Å². The first kappa shape index (κ1) is 13.0. The highest BCUT2D eigenvalue weighted by molar-refractivity contribution is 5.86. The van der Waals surface area contributed by atoms with Gasteiger partial charge < -0.3 is 10.0 Å². The molecule has 1 aliphatic carbocycles. The van der Waals surface area contributed by atoms with Crippen LogP contribution in [0, 0.1) is 5.92 Å². The smallest absolute Gasteiger partial charge is 0.354 e. The van der Waals surface area contributed by atoms with Gasteiger partial charge in [-0.2, -0.15) is 0 Å². The van der Waals surface area contributed by atoms with Crippen LogP contribution in [0.4, 0.5) is 0 Å². The molecule has 1 fully saturated rings. The van der Waals surface area contributed by atoms with Gasteiger partial charge >= 0.3 is 5.97 Å². The van der Waals surface area contributed by atoms with Crippen LogP contribution in [-0.4, -0.2) is 34.6 Å². The topological polar surface area (TPSA) is 53.4 Å². The first-order valence-electron chi connectivity index (χ1n) is 6.52. The minimum atomic E-state index is -0.945. The molecule has 1 aliphatic rings. The van der Waals surface area contributed by atoms with Gasteiger partial charge in [-0.25, -0.2) is 9.78 Å². The summed E-state index contributed by atoms with van der Waals surface area (Å²) < 4.78 is 0. The third kappa shape index (κ3) is 3.29. The Morgan fingerprint density at radius 2 is 2.22 bits per heavy atom. The van der Waals surface area contributed by atoms with Crippen molar-refractivity contribution in [3.63, 3.8) is 0 Å². The molecule has 1 heterocycles. The van der Waals surface area contributed by atoms with Gasteiger partial charge in [-0.3, -0.25) is 0 Å². The molecule has 0 aliphatic heterocycles. The van der Waals surface area contributed by atoms with Crippen LogP contribution in [0.3, 0.4) is 0 Å². The van der Waals surface area contributed by atoms with Crippen molar-refractivity contribution in [3.8, 4) is 0 Å². The van der Waals surface area contributed by atoms with Gasteiger partial charge in [0.15, 0.2) is 5.69 Å². The molecule has 0 unspecified atom stereocenters. The summed E-state index contributed by atoms with van der Waals surface area (Å²) in [5.41, 5.74) is 0.973. The van der Waals surface area contributed by atoms with Crippen molar-refractivity contribution in [2.24, 2.45) is 5.92 Å². The Morgan fingerprint density at radius 1 is 1.50 bits per heavy atom. The van der Waals surface area contributed by atoms with Gasteiger partial charge in [-0.05, 0) is 37.4 Å². The second-order valence-electron chi connectivity index (χ2n) is 5.16. The number of carboxylic acid groups (broad SMARTS) is 1. The highest BCUT2D eigenvalue weighted by Crippen LogP contribution is 2.25. The molecule has 98 valence electrons. The molecule has 1 aromatic rings. The molecule has 1 saturated carbocycles. The van der Waals surface area contributed by atoms with Crippen LogP contribution in [0.1, 0.15) is 41.7 Å². The first-order valence-corrected chi connectivity index (χ1v) is 6.52. The zero-order valence-electron chi connectivity index (χ0n) is 10.8. The van der Waals surface area contributed by atoms with Crippen molar-refractivity contribution in [2.45, 2.75) is 32.2 Å². The Kier molecular flexibility index (Phi) is 4.31. The average molecular weight is 248 g/mol. The number of rotatable bonds is 5. The Morgan fingerprint density at radius 3 is 2.89 bits per heavy atom. The minimum absolute atomic E-state index is 0.177. The maximum Gasteiger partial charge on any atom is 0.354 e. The predicted molar refractivity (Wildman–Crippen MR) is 69.5 cm³/mol. The number of aromatic nitrogens is 1. The van der Waals surface area contributed by atoms with E-state index in [1.165, 1.54) is 31.9 Å². The number of hydrogen-bond acceptors (Lipinski definition) is 3. The third-order valence-corrected chi connectivity index (χ3v) is 3.58. The molecule has 2 rings (SSSR count). The highest BCUT2D eigenvalue weighted by Gasteiger charge is 2.18. The van der Waals surface area contributed by atoms with Crippen LogP contribution in [0.5, 0.6) is 0 Å². The van der Waals surface area contributed by atoms with Gasteiger partial charge in [0.05, 0.1) is 0 Å². The molecule has 0 amide bonds. The van der Waals surface area contributed by atoms with E-state index in [-0.39, 0.29) is 5.69 Å². The van der Waals surface area contributed by atoms with E-state index in [4.69, 9.17) is 5.11 Å². The molecule has 18 heavy (non-hydrogen) atoms. The van der Waals surface area contributed by atoms with Crippen LogP contribution in [0.2, 0.25) is 0 Å². The molecular formula is C14H20N2O2. The SMILES string of the molecule is CN(Cc1cccnc1C(=O)O)CC1CCCC1. The quantitative estimate of drug-likeness (QED) is 0.869. The van der Waals surface area contributed by atoms with Gasteiger partial charge in [0.1, 0.15) is 0 Å². The zero-order chi connectivity index (χ0) is 13.0. The average Bonchev–Trinajstić information content (AvgIpc) is 2.82. The van der Waals surface area contributed by atoms with E-state index in [2.05, 4.69) is 16.9 Å². The van der Waals surface area contributed by atoms with Crippen molar-refractivity contribution in [2.75, 3.05) is 13.6 Å². The molecule has 0 bridgehead atoms. The van der Waals surface area contributed by atoms with Gasteiger partial charge in [-0.15, -0.1) is 0 Å². The highest BCUT2D eigenvalue weighted by atomic mass is 16.4. The van der Waals surface area contributed by atoms with E-state index in [0.717, 1.165) is 18.0 Å². The van der Waals surface area contributed by atoms with E-state index in [1.54, 1.807) is 6.07 Å². The lowest BCUT2D eigenvalue weighted by Gasteiger charge is -2.21. The summed E-state index contributed by atoms with van der Waals surface area (Å²) in [6, 6.07) is 3.65. The summed E-state index contributed by atoms with van der Waals surface area (Å²) in [6.45, 7) is 1.71. The number of aromatic carboxylic acids is 1.